The Hall–Kier alpha value is -3.62. The molecule has 9 heteroatoms. The van der Waals surface area contributed by atoms with E-state index < -0.39 is 17.5 Å². The van der Waals surface area contributed by atoms with E-state index >= 15 is 0 Å². The molecule has 1 aliphatic rings. The van der Waals surface area contributed by atoms with Crippen LogP contribution in [0, 0.1) is 17.5 Å². The van der Waals surface area contributed by atoms with Gasteiger partial charge in [0.25, 0.3) is 5.91 Å². The average Bonchev–Trinajstić information content (AvgIpc) is 3.30. The van der Waals surface area contributed by atoms with E-state index in [1.165, 1.54) is 4.68 Å². The summed E-state index contributed by atoms with van der Waals surface area (Å²) in [5.41, 5.74) is 3.53. The van der Waals surface area contributed by atoms with Crippen molar-refractivity contribution in [1.29, 1.82) is 0 Å². The molecule has 1 amide bonds. The fourth-order valence-corrected chi connectivity index (χ4v) is 4.06. The maximum Gasteiger partial charge on any atom is 0.256 e. The smallest absolute Gasteiger partial charge is 0.256 e. The van der Waals surface area contributed by atoms with Gasteiger partial charge in [-0.25, -0.2) is 13.2 Å². The van der Waals surface area contributed by atoms with Crippen molar-refractivity contribution in [2.24, 2.45) is 7.05 Å². The van der Waals surface area contributed by atoms with Crippen LogP contribution >= 0.6 is 0 Å². The molecule has 0 atom stereocenters. The minimum absolute atomic E-state index is 0.147. The van der Waals surface area contributed by atoms with Crippen LogP contribution in [0.1, 0.15) is 21.6 Å². The zero-order valence-corrected chi connectivity index (χ0v) is 15.9. The number of H-pyrrole nitrogens is 1. The summed E-state index contributed by atoms with van der Waals surface area (Å²) in [6.07, 6.45) is 5.42. The van der Waals surface area contributed by atoms with Crippen molar-refractivity contribution >= 4 is 16.8 Å². The SMILES string of the molecule is Cn1nc2c(c1-c1cc(F)c(F)c(F)c1)CCN(C(=O)c1c[nH]c3ccncc13)C2. The number of hydrogen-bond acceptors (Lipinski definition) is 3. The number of benzene rings is 1. The number of pyridine rings is 1. The lowest BCUT2D eigenvalue weighted by Crippen LogP contribution is -2.35. The molecule has 0 saturated heterocycles. The van der Waals surface area contributed by atoms with Gasteiger partial charge in [-0.15, -0.1) is 0 Å². The van der Waals surface area contributed by atoms with Gasteiger partial charge < -0.3 is 9.88 Å². The van der Waals surface area contributed by atoms with Crippen molar-refractivity contribution in [2.45, 2.75) is 13.0 Å². The number of aromatic amines is 1. The maximum atomic E-state index is 13.7. The van der Waals surface area contributed by atoms with Gasteiger partial charge in [-0.2, -0.15) is 5.10 Å². The van der Waals surface area contributed by atoms with E-state index in [4.69, 9.17) is 0 Å². The summed E-state index contributed by atoms with van der Waals surface area (Å²) >= 11 is 0. The Morgan fingerprint density at radius 2 is 1.97 bits per heavy atom. The number of nitrogens with zero attached hydrogens (tertiary/aromatic N) is 4. The largest absolute Gasteiger partial charge is 0.360 e. The third kappa shape index (κ3) is 2.77. The second kappa shape index (κ2) is 6.72. The molecule has 1 aliphatic heterocycles. The first-order valence-corrected chi connectivity index (χ1v) is 9.34. The maximum absolute atomic E-state index is 13.7. The molecule has 3 aromatic heterocycles. The number of fused-ring (bicyclic) bond motifs is 2. The number of aromatic nitrogens is 4. The summed E-state index contributed by atoms with van der Waals surface area (Å²) in [6, 6.07) is 3.73. The number of rotatable bonds is 2. The second-order valence-corrected chi connectivity index (χ2v) is 7.25. The highest BCUT2D eigenvalue weighted by molar-refractivity contribution is 6.06. The topological polar surface area (TPSA) is 66.8 Å². The predicted molar refractivity (Wildman–Crippen MR) is 103 cm³/mol. The lowest BCUT2D eigenvalue weighted by Gasteiger charge is -2.26. The average molecular weight is 411 g/mol. The number of amides is 1. The molecule has 5 rings (SSSR count). The number of carbonyl (C=O) groups excluding carboxylic acids is 1. The van der Waals surface area contributed by atoms with Gasteiger partial charge in [0.15, 0.2) is 17.5 Å². The molecule has 4 heterocycles. The van der Waals surface area contributed by atoms with Gasteiger partial charge in [0.05, 0.1) is 23.5 Å². The highest BCUT2D eigenvalue weighted by Gasteiger charge is 2.29. The van der Waals surface area contributed by atoms with Gasteiger partial charge in [-0.3, -0.25) is 14.5 Å². The fraction of sp³-hybridized carbons (Fsp3) is 0.190. The molecule has 152 valence electrons. The van der Waals surface area contributed by atoms with Gasteiger partial charge in [-0.05, 0) is 24.6 Å². The molecule has 0 bridgehead atoms. The van der Waals surface area contributed by atoms with Gasteiger partial charge in [0.2, 0.25) is 0 Å². The lowest BCUT2D eigenvalue weighted by atomic mass is 9.99. The van der Waals surface area contributed by atoms with Crippen LogP contribution in [-0.2, 0) is 20.0 Å². The molecule has 0 fully saturated rings. The lowest BCUT2D eigenvalue weighted by molar-refractivity contribution is 0.0734. The Balaban J connectivity index is 1.49. The van der Waals surface area contributed by atoms with Crippen LogP contribution < -0.4 is 0 Å². The van der Waals surface area contributed by atoms with E-state index in [1.807, 2.05) is 0 Å². The highest BCUT2D eigenvalue weighted by Crippen LogP contribution is 2.32. The predicted octanol–water partition coefficient (Wildman–Crippen LogP) is 3.58. The molecule has 4 aromatic rings. The van der Waals surface area contributed by atoms with E-state index in [0.717, 1.165) is 28.6 Å². The van der Waals surface area contributed by atoms with Gasteiger partial charge in [0.1, 0.15) is 0 Å². The van der Waals surface area contributed by atoms with Crippen LogP contribution in [0.3, 0.4) is 0 Å². The van der Waals surface area contributed by atoms with Crippen LogP contribution in [0.25, 0.3) is 22.2 Å². The standard InChI is InChI=1S/C21H16F3N5O/c1-28-20(11-6-15(22)19(24)16(23)7-11)12-3-5-29(10-18(12)27-28)21(30)14-9-26-17-2-4-25-8-13(14)17/h2,4,6-9,26H,3,5,10H2,1H3. The first-order valence-electron chi connectivity index (χ1n) is 9.34. The number of aryl methyl sites for hydroxylation is 1. The molecule has 0 radical (unpaired) electrons. The normalized spacial score (nSPS) is 13.7. The van der Waals surface area contributed by atoms with Crippen LogP contribution in [0.15, 0.2) is 36.8 Å². The molecule has 0 spiro atoms. The molecule has 6 nitrogen and oxygen atoms in total. The molecule has 30 heavy (non-hydrogen) atoms. The molecule has 0 unspecified atom stereocenters. The van der Waals surface area contributed by atoms with Crippen LogP contribution in [0.4, 0.5) is 13.2 Å². The molecule has 1 aromatic carbocycles. The number of nitrogens with one attached hydrogen (secondary N) is 1. The minimum atomic E-state index is -1.50. The summed E-state index contributed by atoms with van der Waals surface area (Å²) in [6.45, 7) is 0.685. The summed E-state index contributed by atoms with van der Waals surface area (Å²) < 4.78 is 42.4. The fourth-order valence-electron chi connectivity index (χ4n) is 4.06. The highest BCUT2D eigenvalue weighted by atomic mass is 19.2. The van der Waals surface area contributed by atoms with Gasteiger partial charge in [0, 0.05) is 54.2 Å². The van der Waals surface area contributed by atoms with Gasteiger partial charge in [-0.1, -0.05) is 0 Å². The van der Waals surface area contributed by atoms with E-state index in [1.54, 1.807) is 36.6 Å². The summed E-state index contributed by atoms with van der Waals surface area (Å²) in [7, 11) is 1.66. The molecule has 0 aliphatic carbocycles. The molecular weight excluding hydrogens is 395 g/mol. The first kappa shape index (κ1) is 18.4. The first-order chi connectivity index (χ1) is 14.4. The Bertz CT molecular complexity index is 1290. The monoisotopic (exact) mass is 411 g/mol. The zero-order valence-electron chi connectivity index (χ0n) is 15.9. The van der Waals surface area contributed by atoms with Crippen molar-refractivity contribution < 1.29 is 18.0 Å². The van der Waals surface area contributed by atoms with Gasteiger partial charge >= 0.3 is 0 Å². The van der Waals surface area contributed by atoms with E-state index in [2.05, 4.69) is 15.1 Å². The number of halogens is 3. The minimum Gasteiger partial charge on any atom is -0.360 e. The third-order valence-electron chi connectivity index (χ3n) is 5.46. The second-order valence-electron chi connectivity index (χ2n) is 7.25. The van der Waals surface area contributed by atoms with Crippen LogP contribution in [-0.4, -0.2) is 37.1 Å². The van der Waals surface area contributed by atoms with Crippen molar-refractivity contribution in [3.63, 3.8) is 0 Å². The zero-order chi connectivity index (χ0) is 21.0. The Morgan fingerprint density at radius 3 is 2.73 bits per heavy atom. The quantitative estimate of drug-likeness (QED) is 0.513. The van der Waals surface area contributed by atoms with Crippen LogP contribution in [0.2, 0.25) is 0 Å². The Kier molecular flexibility index (Phi) is 4.12. The van der Waals surface area contributed by atoms with Crippen molar-refractivity contribution in [3.8, 4) is 11.3 Å². The molecule has 1 N–H and O–H groups in total. The summed E-state index contributed by atoms with van der Waals surface area (Å²) in [4.78, 5) is 21.9. The van der Waals surface area contributed by atoms with Crippen LogP contribution in [0.5, 0.6) is 0 Å². The third-order valence-corrected chi connectivity index (χ3v) is 5.46. The van der Waals surface area contributed by atoms with E-state index in [0.29, 0.717) is 29.9 Å². The van der Waals surface area contributed by atoms with Crippen molar-refractivity contribution in [1.82, 2.24) is 24.6 Å². The molecular formula is C21H16F3N5O. The number of hydrogen-bond donors (Lipinski definition) is 1. The van der Waals surface area contributed by atoms with Crippen molar-refractivity contribution in [3.05, 3.63) is 71.1 Å². The summed E-state index contributed by atoms with van der Waals surface area (Å²) in [5.74, 6) is -4.15. The summed E-state index contributed by atoms with van der Waals surface area (Å²) in [5, 5.41) is 5.19. The van der Waals surface area contributed by atoms with Crippen molar-refractivity contribution in [2.75, 3.05) is 6.54 Å². The van der Waals surface area contributed by atoms with E-state index in [9.17, 15) is 18.0 Å². The number of carbonyl (C=O) groups is 1. The molecule has 0 saturated carbocycles. The Labute approximate surface area is 169 Å². The Morgan fingerprint density at radius 1 is 1.20 bits per heavy atom. The van der Waals surface area contributed by atoms with E-state index in [-0.39, 0.29) is 18.0 Å².